The smallest absolute Gasteiger partial charge is 0.238 e. The van der Waals surface area contributed by atoms with Crippen LogP contribution in [0.1, 0.15) is 30.9 Å². The first-order valence-corrected chi connectivity index (χ1v) is 7.92. The molecule has 1 aromatic rings. The van der Waals surface area contributed by atoms with E-state index in [1.807, 2.05) is 19.9 Å². The summed E-state index contributed by atoms with van der Waals surface area (Å²) in [5.41, 5.74) is 3.21. The molecular formula is C17H27N3O. The van der Waals surface area contributed by atoms with Crippen LogP contribution in [0.5, 0.6) is 0 Å². The van der Waals surface area contributed by atoms with E-state index in [1.165, 1.54) is 5.56 Å². The molecule has 2 rings (SSSR count). The third-order valence-corrected chi connectivity index (χ3v) is 4.25. The maximum atomic E-state index is 12.3. The molecule has 1 aliphatic heterocycles. The number of carbonyl (C=O) groups excluding carboxylic acids is 1. The van der Waals surface area contributed by atoms with E-state index in [-0.39, 0.29) is 5.91 Å². The summed E-state index contributed by atoms with van der Waals surface area (Å²) in [6.07, 6.45) is 2.26. The van der Waals surface area contributed by atoms with E-state index >= 15 is 0 Å². The Bertz CT molecular complexity index is 481. The maximum absolute atomic E-state index is 12.3. The summed E-state index contributed by atoms with van der Waals surface area (Å²) in [5.74, 6) is 0.0871. The van der Waals surface area contributed by atoms with Gasteiger partial charge in [0.2, 0.25) is 5.91 Å². The molecule has 0 radical (unpaired) electrons. The van der Waals surface area contributed by atoms with Crippen molar-refractivity contribution in [3.05, 3.63) is 29.3 Å². The second-order valence-corrected chi connectivity index (χ2v) is 5.91. The zero-order valence-electron chi connectivity index (χ0n) is 13.4. The van der Waals surface area contributed by atoms with Crippen molar-refractivity contribution in [1.29, 1.82) is 0 Å². The number of amides is 1. The van der Waals surface area contributed by atoms with Crippen LogP contribution in [-0.2, 0) is 4.79 Å². The summed E-state index contributed by atoms with van der Waals surface area (Å²) >= 11 is 0. The van der Waals surface area contributed by atoms with Crippen molar-refractivity contribution in [2.75, 3.05) is 31.5 Å². The van der Waals surface area contributed by atoms with Crippen molar-refractivity contribution in [2.24, 2.45) is 0 Å². The van der Waals surface area contributed by atoms with Gasteiger partial charge in [-0.25, -0.2) is 0 Å². The van der Waals surface area contributed by atoms with Gasteiger partial charge in [0.1, 0.15) is 0 Å². The third kappa shape index (κ3) is 4.55. The van der Waals surface area contributed by atoms with Gasteiger partial charge >= 0.3 is 0 Å². The molecule has 1 fully saturated rings. The van der Waals surface area contributed by atoms with Crippen LogP contribution in [0.25, 0.3) is 0 Å². The van der Waals surface area contributed by atoms with Crippen LogP contribution >= 0.6 is 0 Å². The van der Waals surface area contributed by atoms with E-state index in [4.69, 9.17) is 0 Å². The van der Waals surface area contributed by atoms with Crippen molar-refractivity contribution >= 4 is 11.6 Å². The number of piperidine rings is 1. The van der Waals surface area contributed by atoms with Crippen LogP contribution in [0.15, 0.2) is 18.2 Å². The van der Waals surface area contributed by atoms with Crippen molar-refractivity contribution in [1.82, 2.24) is 10.2 Å². The molecular weight excluding hydrogens is 262 g/mol. The van der Waals surface area contributed by atoms with Gasteiger partial charge < -0.3 is 10.6 Å². The molecule has 1 aromatic carbocycles. The van der Waals surface area contributed by atoms with Crippen molar-refractivity contribution in [3.8, 4) is 0 Å². The first-order chi connectivity index (χ1) is 10.1. The zero-order valence-corrected chi connectivity index (χ0v) is 13.4. The molecule has 116 valence electrons. The summed E-state index contributed by atoms with van der Waals surface area (Å²) in [7, 11) is 0. The lowest BCUT2D eigenvalue weighted by atomic mass is 10.0. The fourth-order valence-electron chi connectivity index (χ4n) is 2.92. The van der Waals surface area contributed by atoms with Crippen LogP contribution in [-0.4, -0.2) is 43.0 Å². The van der Waals surface area contributed by atoms with Gasteiger partial charge in [-0.1, -0.05) is 19.1 Å². The number of aryl methyl sites for hydroxylation is 2. The Labute approximate surface area is 127 Å². The first kappa shape index (κ1) is 16.0. The molecule has 4 heteroatoms. The minimum Gasteiger partial charge on any atom is -0.325 e. The van der Waals surface area contributed by atoms with Gasteiger partial charge in [-0.15, -0.1) is 0 Å². The number of hydrogen-bond acceptors (Lipinski definition) is 3. The Morgan fingerprint density at radius 2 is 2.05 bits per heavy atom. The first-order valence-electron chi connectivity index (χ1n) is 7.92. The molecule has 1 amide bonds. The van der Waals surface area contributed by atoms with Gasteiger partial charge in [-0.2, -0.15) is 0 Å². The molecule has 0 saturated carbocycles. The Kier molecular flexibility index (Phi) is 5.76. The number of nitrogens with one attached hydrogen (secondary N) is 2. The molecule has 0 atom stereocenters. The molecule has 0 aliphatic carbocycles. The summed E-state index contributed by atoms with van der Waals surface area (Å²) < 4.78 is 0. The van der Waals surface area contributed by atoms with E-state index < -0.39 is 0 Å². The van der Waals surface area contributed by atoms with E-state index in [9.17, 15) is 4.79 Å². The molecule has 21 heavy (non-hydrogen) atoms. The highest BCUT2D eigenvalue weighted by Gasteiger charge is 2.21. The molecule has 0 spiro atoms. The quantitative estimate of drug-likeness (QED) is 0.874. The molecule has 0 unspecified atom stereocenters. The molecule has 1 heterocycles. The molecule has 1 saturated heterocycles. The Morgan fingerprint density at radius 1 is 1.33 bits per heavy atom. The zero-order chi connectivity index (χ0) is 15.2. The molecule has 4 nitrogen and oxygen atoms in total. The van der Waals surface area contributed by atoms with E-state index in [0.29, 0.717) is 12.6 Å². The lowest BCUT2D eigenvalue weighted by molar-refractivity contribution is -0.118. The van der Waals surface area contributed by atoms with Gasteiger partial charge in [-0.05, 0) is 63.5 Å². The average Bonchev–Trinajstić information content (AvgIpc) is 2.49. The number of benzene rings is 1. The normalized spacial score (nSPS) is 16.2. The van der Waals surface area contributed by atoms with E-state index in [2.05, 4.69) is 34.6 Å². The minimum absolute atomic E-state index is 0.0871. The minimum atomic E-state index is 0.0871. The predicted molar refractivity (Wildman–Crippen MR) is 87.7 cm³/mol. The topological polar surface area (TPSA) is 44.4 Å². The van der Waals surface area contributed by atoms with E-state index in [0.717, 1.165) is 43.7 Å². The SMILES string of the molecule is CCN(CC(=O)Nc1cc(C)ccc1C)C1CCNCC1. The lowest BCUT2D eigenvalue weighted by Crippen LogP contribution is -2.46. The number of anilines is 1. The summed E-state index contributed by atoms with van der Waals surface area (Å²) in [6, 6.07) is 6.68. The van der Waals surface area contributed by atoms with Crippen molar-refractivity contribution < 1.29 is 4.79 Å². The lowest BCUT2D eigenvalue weighted by Gasteiger charge is -2.33. The standard InChI is InChI=1S/C17H27N3O/c1-4-20(15-7-9-18-10-8-15)12-17(21)19-16-11-13(2)5-6-14(16)3/h5-6,11,15,18H,4,7-10,12H2,1-3H3,(H,19,21). The number of hydrogen-bond donors (Lipinski definition) is 2. The molecule has 0 aromatic heterocycles. The number of likely N-dealkylation sites (N-methyl/N-ethyl adjacent to an activating group) is 1. The second-order valence-electron chi connectivity index (χ2n) is 5.91. The Morgan fingerprint density at radius 3 is 2.71 bits per heavy atom. The van der Waals surface area contributed by atoms with Gasteiger partial charge in [0, 0.05) is 11.7 Å². The van der Waals surface area contributed by atoms with Gasteiger partial charge in [0.05, 0.1) is 6.54 Å². The summed E-state index contributed by atoms with van der Waals surface area (Å²) in [4.78, 5) is 14.6. The Balaban J connectivity index is 1.94. The number of carbonyl (C=O) groups is 1. The monoisotopic (exact) mass is 289 g/mol. The van der Waals surface area contributed by atoms with Crippen molar-refractivity contribution in [3.63, 3.8) is 0 Å². The van der Waals surface area contributed by atoms with Crippen LogP contribution < -0.4 is 10.6 Å². The highest BCUT2D eigenvalue weighted by Crippen LogP contribution is 2.17. The highest BCUT2D eigenvalue weighted by atomic mass is 16.2. The van der Waals surface area contributed by atoms with Gasteiger partial charge in [0.25, 0.3) is 0 Å². The van der Waals surface area contributed by atoms with E-state index in [1.54, 1.807) is 0 Å². The second kappa shape index (κ2) is 7.57. The van der Waals surface area contributed by atoms with Gasteiger partial charge in [0.15, 0.2) is 0 Å². The summed E-state index contributed by atoms with van der Waals surface area (Å²) in [5, 5.41) is 6.43. The maximum Gasteiger partial charge on any atom is 0.238 e. The predicted octanol–water partition coefficient (Wildman–Crippen LogP) is 2.32. The van der Waals surface area contributed by atoms with Crippen LogP contribution in [0.2, 0.25) is 0 Å². The number of rotatable bonds is 5. The molecule has 0 bridgehead atoms. The average molecular weight is 289 g/mol. The summed E-state index contributed by atoms with van der Waals surface area (Å²) in [6.45, 7) is 9.72. The van der Waals surface area contributed by atoms with Crippen LogP contribution in [0.3, 0.4) is 0 Å². The fraction of sp³-hybridized carbons (Fsp3) is 0.588. The van der Waals surface area contributed by atoms with Crippen LogP contribution in [0.4, 0.5) is 5.69 Å². The van der Waals surface area contributed by atoms with Crippen molar-refractivity contribution in [2.45, 2.75) is 39.7 Å². The third-order valence-electron chi connectivity index (χ3n) is 4.25. The molecule has 1 aliphatic rings. The fourth-order valence-corrected chi connectivity index (χ4v) is 2.92. The van der Waals surface area contributed by atoms with Gasteiger partial charge in [-0.3, -0.25) is 9.69 Å². The van der Waals surface area contributed by atoms with Crippen LogP contribution in [0, 0.1) is 13.8 Å². The highest BCUT2D eigenvalue weighted by molar-refractivity contribution is 5.93. The largest absolute Gasteiger partial charge is 0.325 e. The number of nitrogens with zero attached hydrogens (tertiary/aromatic N) is 1. The molecule has 2 N–H and O–H groups in total. The Hall–Kier alpha value is -1.39.